The van der Waals surface area contributed by atoms with Crippen molar-refractivity contribution in [3.05, 3.63) is 41.2 Å². The number of aromatic nitrogens is 3. The Hall–Kier alpha value is -1.88. The van der Waals surface area contributed by atoms with Gasteiger partial charge in [-0.15, -0.1) is 5.10 Å². The first kappa shape index (κ1) is 12.2. The molecule has 3 N–H and O–H groups in total. The molecule has 100 valence electrons. The molecule has 5 heteroatoms. The zero-order valence-corrected chi connectivity index (χ0v) is 11.0. The van der Waals surface area contributed by atoms with E-state index in [1.807, 2.05) is 18.2 Å². The summed E-state index contributed by atoms with van der Waals surface area (Å²) in [6, 6.07) is 5.70. The molecule has 0 spiro atoms. The molecular weight excluding hydrogens is 240 g/mol. The van der Waals surface area contributed by atoms with Crippen LogP contribution in [0.1, 0.15) is 36.6 Å². The number of benzene rings is 1. The van der Waals surface area contributed by atoms with E-state index >= 15 is 0 Å². The van der Waals surface area contributed by atoms with Gasteiger partial charge in [0.1, 0.15) is 5.60 Å². The van der Waals surface area contributed by atoms with Crippen molar-refractivity contribution in [2.75, 3.05) is 5.73 Å². The van der Waals surface area contributed by atoms with Crippen LogP contribution in [0.3, 0.4) is 0 Å². The lowest BCUT2D eigenvalue weighted by molar-refractivity contribution is 0.0726. The van der Waals surface area contributed by atoms with Crippen LogP contribution in [0.15, 0.2) is 24.4 Å². The minimum absolute atomic E-state index is 0.656. The third-order valence-corrected chi connectivity index (χ3v) is 3.81. The molecule has 0 saturated carbocycles. The number of nitrogen functional groups attached to an aromatic ring is 1. The van der Waals surface area contributed by atoms with Crippen molar-refractivity contribution in [3.8, 4) is 0 Å². The highest BCUT2D eigenvalue weighted by Gasteiger charge is 2.41. The van der Waals surface area contributed by atoms with Crippen molar-refractivity contribution < 1.29 is 5.11 Å². The Balaban J connectivity index is 2.08. The number of aryl methyl sites for hydroxylation is 2. The maximum Gasteiger partial charge on any atom is 0.133 e. The number of nitrogens with zero attached hydrogens (tertiary/aromatic N) is 3. The van der Waals surface area contributed by atoms with Gasteiger partial charge in [-0.3, -0.25) is 0 Å². The number of hydrogen-bond donors (Lipinski definition) is 2. The third kappa shape index (κ3) is 1.81. The first-order chi connectivity index (χ1) is 9.15. The summed E-state index contributed by atoms with van der Waals surface area (Å²) in [7, 11) is 0. The zero-order valence-electron chi connectivity index (χ0n) is 11.0. The number of rotatable bonds is 3. The smallest absolute Gasteiger partial charge is 0.133 e. The van der Waals surface area contributed by atoms with Crippen molar-refractivity contribution in [1.29, 1.82) is 0 Å². The molecule has 1 heterocycles. The van der Waals surface area contributed by atoms with E-state index in [4.69, 9.17) is 5.73 Å². The van der Waals surface area contributed by atoms with E-state index in [2.05, 4.69) is 17.2 Å². The predicted molar refractivity (Wildman–Crippen MR) is 72.5 cm³/mol. The van der Waals surface area contributed by atoms with Crippen LogP contribution >= 0.6 is 0 Å². The predicted octanol–water partition coefficient (Wildman–Crippen LogP) is 1.45. The highest BCUT2D eigenvalue weighted by molar-refractivity contribution is 5.51. The standard InChI is InChI=1S/C14H18N4O/c1-2-7-18-13(9-16-17-18)14(19)6-5-10-8-11(15)3-4-12(10)14/h3-4,8-9,19H,2,5-7,15H2,1H3. The van der Waals surface area contributed by atoms with E-state index in [-0.39, 0.29) is 0 Å². The quantitative estimate of drug-likeness (QED) is 0.817. The van der Waals surface area contributed by atoms with Crippen molar-refractivity contribution >= 4 is 5.69 Å². The number of hydrogen-bond acceptors (Lipinski definition) is 4. The molecule has 2 aromatic rings. The number of fused-ring (bicyclic) bond motifs is 1. The molecule has 1 aliphatic carbocycles. The molecule has 0 saturated heterocycles. The molecule has 1 aromatic carbocycles. The van der Waals surface area contributed by atoms with Crippen LogP contribution < -0.4 is 5.73 Å². The van der Waals surface area contributed by atoms with Gasteiger partial charge >= 0.3 is 0 Å². The minimum atomic E-state index is -0.984. The molecule has 19 heavy (non-hydrogen) atoms. The summed E-state index contributed by atoms with van der Waals surface area (Å²) >= 11 is 0. The van der Waals surface area contributed by atoms with Gasteiger partial charge in [-0.2, -0.15) is 0 Å². The van der Waals surface area contributed by atoms with E-state index < -0.39 is 5.60 Å². The van der Waals surface area contributed by atoms with Gasteiger partial charge in [-0.05, 0) is 42.5 Å². The van der Waals surface area contributed by atoms with Crippen LogP contribution in [0.4, 0.5) is 5.69 Å². The molecular formula is C14H18N4O. The molecule has 5 nitrogen and oxygen atoms in total. The van der Waals surface area contributed by atoms with Gasteiger partial charge in [0.15, 0.2) is 0 Å². The topological polar surface area (TPSA) is 77.0 Å². The molecule has 3 rings (SSSR count). The Morgan fingerprint density at radius 1 is 1.47 bits per heavy atom. The second-order valence-corrected chi connectivity index (χ2v) is 5.12. The van der Waals surface area contributed by atoms with E-state index in [1.54, 1.807) is 10.9 Å². The van der Waals surface area contributed by atoms with Crippen LogP contribution in [-0.2, 0) is 18.6 Å². The monoisotopic (exact) mass is 258 g/mol. The van der Waals surface area contributed by atoms with Gasteiger partial charge in [-0.25, -0.2) is 4.68 Å². The van der Waals surface area contributed by atoms with Crippen LogP contribution in [0, 0.1) is 0 Å². The summed E-state index contributed by atoms with van der Waals surface area (Å²) in [5.74, 6) is 0. The van der Waals surface area contributed by atoms with Crippen molar-refractivity contribution in [2.24, 2.45) is 0 Å². The summed E-state index contributed by atoms with van der Waals surface area (Å²) < 4.78 is 1.80. The Morgan fingerprint density at radius 2 is 2.32 bits per heavy atom. The molecule has 0 radical (unpaired) electrons. The lowest BCUT2D eigenvalue weighted by atomic mass is 9.92. The van der Waals surface area contributed by atoms with Gasteiger partial charge in [0.05, 0.1) is 11.9 Å². The summed E-state index contributed by atoms with van der Waals surface area (Å²) in [5.41, 5.74) is 8.38. The van der Waals surface area contributed by atoms with E-state index in [0.717, 1.165) is 41.9 Å². The normalized spacial score (nSPS) is 21.6. The zero-order chi connectivity index (χ0) is 13.5. The lowest BCUT2D eigenvalue weighted by Crippen LogP contribution is -2.28. The molecule has 1 unspecified atom stereocenters. The second-order valence-electron chi connectivity index (χ2n) is 5.12. The lowest BCUT2D eigenvalue weighted by Gasteiger charge is -2.24. The Labute approximate surface area is 112 Å². The Kier molecular flexibility index (Phi) is 2.78. The largest absolute Gasteiger partial charge is 0.399 e. The summed E-state index contributed by atoms with van der Waals surface area (Å²) in [5, 5.41) is 19.1. The molecule has 1 aromatic heterocycles. The molecule has 0 fully saturated rings. The van der Waals surface area contributed by atoms with Gasteiger partial charge < -0.3 is 10.8 Å². The van der Waals surface area contributed by atoms with Gasteiger partial charge in [0, 0.05) is 12.2 Å². The highest BCUT2D eigenvalue weighted by Crippen LogP contribution is 2.42. The summed E-state index contributed by atoms with van der Waals surface area (Å²) in [4.78, 5) is 0. The fourth-order valence-corrected chi connectivity index (χ4v) is 2.90. The molecule has 1 aliphatic rings. The Bertz CT molecular complexity index is 607. The number of anilines is 1. The Morgan fingerprint density at radius 3 is 3.11 bits per heavy atom. The first-order valence-electron chi connectivity index (χ1n) is 6.65. The molecule has 1 atom stereocenters. The summed E-state index contributed by atoms with van der Waals surface area (Å²) in [6.45, 7) is 2.85. The van der Waals surface area contributed by atoms with E-state index in [0.29, 0.717) is 6.42 Å². The summed E-state index contributed by atoms with van der Waals surface area (Å²) in [6.07, 6.45) is 4.11. The average molecular weight is 258 g/mol. The highest BCUT2D eigenvalue weighted by atomic mass is 16.3. The fourth-order valence-electron chi connectivity index (χ4n) is 2.90. The van der Waals surface area contributed by atoms with Crippen LogP contribution in [-0.4, -0.2) is 20.1 Å². The molecule has 0 aliphatic heterocycles. The van der Waals surface area contributed by atoms with Gasteiger partial charge in [0.25, 0.3) is 0 Å². The minimum Gasteiger partial charge on any atom is -0.399 e. The molecule has 0 amide bonds. The maximum absolute atomic E-state index is 11.1. The average Bonchev–Trinajstić information content (AvgIpc) is 2.96. The van der Waals surface area contributed by atoms with Crippen LogP contribution in [0.25, 0.3) is 0 Å². The SMILES string of the molecule is CCCn1nncc1C1(O)CCc2cc(N)ccc21. The van der Waals surface area contributed by atoms with Crippen molar-refractivity contribution in [2.45, 2.75) is 38.3 Å². The molecule has 0 bridgehead atoms. The van der Waals surface area contributed by atoms with Gasteiger partial charge in [0.2, 0.25) is 0 Å². The second kappa shape index (κ2) is 4.35. The van der Waals surface area contributed by atoms with Crippen LogP contribution in [0.5, 0.6) is 0 Å². The van der Waals surface area contributed by atoms with Gasteiger partial charge in [-0.1, -0.05) is 18.2 Å². The maximum atomic E-state index is 11.1. The van der Waals surface area contributed by atoms with E-state index in [1.165, 1.54) is 0 Å². The number of aliphatic hydroxyl groups is 1. The first-order valence-corrected chi connectivity index (χ1v) is 6.65. The van der Waals surface area contributed by atoms with Crippen LogP contribution in [0.2, 0.25) is 0 Å². The van der Waals surface area contributed by atoms with Crippen molar-refractivity contribution in [1.82, 2.24) is 15.0 Å². The third-order valence-electron chi connectivity index (χ3n) is 3.81. The van der Waals surface area contributed by atoms with Crippen molar-refractivity contribution in [3.63, 3.8) is 0 Å². The number of nitrogens with two attached hydrogens (primary N) is 1. The fraction of sp³-hybridized carbons (Fsp3) is 0.429. The van der Waals surface area contributed by atoms with E-state index in [9.17, 15) is 5.11 Å².